The number of likely N-dealkylation sites (N-methyl/N-ethyl adjacent to an activating group) is 1. The normalized spacial score (nSPS) is 16.6. The summed E-state index contributed by atoms with van der Waals surface area (Å²) in [5.41, 5.74) is 1.56. The van der Waals surface area contributed by atoms with Crippen molar-refractivity contribution in [1.82, 2.24) is 14.5 Å². The van der Waals surface area contributed by atoms with Crippen LogP contribution in [-0.4, -0.2) is 64.2 Å². The highest BCUT2D eigenvalue weighted by molar-refractivity contribution is 7.88. The van der Waals surface area contributed by atoms with Crippen molar-refractivity contribution >= 4 is 15.9 Å². The number of methoxy groups -OCH3 is 1. The Morgan fingerprint density at radius 2 is 1.74 bits per heavy atom. The van der Waals surface area contributed by atoms with Crippen molar-refractivity contribution in [3.8, 4) is 5.75 Å². The molecule has 1 fully saturated rings. The van der Waals surface area contributed by atoms with Gasteiger partial charge in [-0.1, -0.05) is 42.5 Å². The second-order valence-electron chi connectivity index (χ2n) is 7.98. The van der Waals surface area contributed by atoms with Crippen LogP contribution in [0.5, 0.6) is 5.75 Å². The first kappa shape index (κ1) is 23.2. The van der Waals surface area contributed by atoms with E-state index in [1.807, 2.05) is 30.3 Å². The van der Waals surface area contributed by atoms with Crippen molar-refractivity contribution in [3.63, 3.8) is 0 Å². The highest BCUT2D eigenvalue weighted by atomic mass is 32.2. The molecule has 0 bridgehead atoms. The zero-order valence-corrected chi connectivity index (χ0v) is 19.1. The number of hydrogen-bond donors (Lipinski definition) is 1. The van der Waals surface area contributed by atoms with E-state index in [1.54, 1.807) is 43.3 Å². The van der Waals surface area contributed by atoms with Gasteiger partial charge in [0.1, 0.15) is 11.8 Å². The Hall–Kier alpha value is -2.42. The highest BCUT2D eigenvalue weighted by Gasteiger charge is 2.32. The van der Waals surface area contributed by atoms with E-state index >= 15 is 0 Å². The van der Waals surface area contributed by atoms with Crippen LogP contribution in [0.3, 0.4) is 0 Å². The molecule has 1 saturated heterocycles. The van der Waals surface area contributed by atoms with Gasteiger partial charge in [0, 0.05) is 13.6 Å². The molecule has 0 radical (unpaired) electrons. The summed E-state index contributed by atoms with van der Waals surface area (Å²) in [7, 11) is -0.247. The van der Waals surface area contributed by atoms with Gasteiger partial charge in [0.25, 0.3) is 0 Å². The molecule has 1 aliphatic rings. The van der Waals surface area contributed by atoms with Gasteiger partial charge in [-0.25, -0.2) is 8.42 Å². The maximum absolute atomic E-state index is 13.6. The molecule has 0 spiro atoms. The number of sulfonamides is 1. The van der Waals surface area contributed by atoms with Gasteiger partial charge < -0.3 is 14.5 Å². The lowest BCUT2D eigenvalue weighted by molar-refractivity contribution is -0.134. The van der Waals surface area contributed by atoms with Gasteiger partial charge in [-0.2, -0.15) is 4.72 Å². The number of likely N-dealkylation sites (tertiary alicyclic amines) is 1. The third-order valence-electron chi connectivity index (χ3n) is 5.64. The molecule has 0 saturated carbocycles. The van der Waals surface area contributed by atoms with E-state index in [2.05, 4.69) is 9.62 Å². The molecule has 168 valence electrons. The van der Waals surface area contributed by atoms with Gasteiger partial charge in [0.2, 0.25) is 15.9 Å². The third kappa shape index (κ3) is 6.29. The summed E-state index contributed by atoms with van der Waals surface area (Å²) in [4.78, 5) is 17.6. The number of rotatable bonds is 9. The lowest BCUT2D eigenvalue weighted by Crippen LogP contribution is -2.45. The number of hydrogen-bond acceptors (Lipinski definition) is 5. The molecule has 1 unspecified atom stereocenters. The summed E-state index contributed by atoms with van der Waals surface area (Å²) < 4.78 is 32.0. The number of carbonyl (C=O) groups excluding carboxylic acids is 1. The first-order valence-electron chi connectivity index (χ1n) is 10.4. The molecule has 2 aromatic carbocycles. The van der Waals surface area contributed by atoms with Gasteiger partial charge in [0.15, 0.2) is 0 Å². The number of nitrogens with one attached hydrogen (secondary N) is 1. The van der Waals surface area contributed by atoms with E-state index in [0.717, 1.165) is 43.5 Å². The van der Waals surface area contributed by atoms with Crippen molar-refractivity contribution in [2.24, 2.45) is 0 Å². The Balaban J connectivity index is 1.94. The van der Waals surface area contributed by atoms with Gasteiger partial charge >= 0.3 is 0 Å². The molecule has 1 heterocycles. The molecule has 1 amide bonds. The predicted molar refractivity (Wildman–Crippen MR) is 121 cm³/mol. The van der Waals surface area contributed by atoms with E-state index in [1.165, 1.54) is 0 Å². The van der Waals surface area contributed by atoms with Crippen LogP contribution in [0.15, 0.2) is 54.6 Å². The largest absolute Gasteiger partial charge is 0.497 e. The molecule has 0 aliphatic carbocycles. The maximum atomic E-state index is 13.6. The molecule has 3 rings (SSSR count). The quantitative estimate of drug-likeness (QED) is 0.642. The standard InChI is InChI=1S/C23H31N3O4S/c1-25(23(27)22(24-31(3,28)29)18-10-5-4-6-11-18)21(17-26-14-7-8-15-26)19-12-9-13-20(16-19)30-2/h4-6,9-13,16,21-22,24H,7-8,14-15,17H2,1-3H3/t21-,22?/m1/s1. The van der Waals surface area contributed by atoms with Crippen LogP contribution in [0.25, 0.3) is 0 Å². The Morgan fingerprint density at radius 3 is 2.35 bits per heavy atom. The minimum atomic E-state index is -3.60. The maximum Gasteiger partial charge on any atom is 0.245 e. The Morgan fingerprint density at radius 1 is 1.10 bits per heavy atom. The Bertz CT molecular complexity index is 975. The summed E-state index contributed by atoms with van der Waals surface area (Å²) in [5, 5.41) is 0. The van der Waals surface area contributed by atoms with Crippen LogP contribution < -0.4 is 9.46 Å². The lowest BCUT2D eigenvalue weighted by atomic mass is 10.0. The topological polar surface area (TPSA) is 79.0 Å². The molecule has 0 aromatic heterocycles. The van der Waals surface area contributed by atoms with Crippen LogP contribution in [0.2, 0.25) is 0 Å². The summed E-state index contributed by atoms with van der Waals surface area (Å²) in [6.07, 6.45) is 3.36. The van der Waals surface area contributed by atoms with Gasteiger partial charge in [-0.15, -0.1) is 0 Å². The fraction of sp³-hybridized carbons (Fsp3) is 0.435. The van der Waals surface area contributed by atoms with E-state index in [0.29, 0.717) is 12.1 Å². The number of carbonyl (C=O) groups is 1. The fourth-order valence-corrected chi connectivity index (χ4v) is 4.65. The molecule has 1 N–H and O–H groups in total. The SMILES string of the molecule is COc1cccc([C@@H](CN2CCCC2)N(C)C(=O)C(NS(C)(=O)=O)c2ccccc2)c1. The molecule has 8 heteroatoms. The second-order valence-corrected chi connectivity index (χ2v) is 9.76. The minimum absolute atomic E-state index is 0.242. The Labute approximate surface area is 185 Å². The van der Waals surface area contributed by atoms with Crippen molar-refractivity contribution in [2.75, 3.05) is 40.0 Å². The second kappa shape index (κ2) is 10.3. The van der Waals surface area contributed by atoms with Crippen LogP contribution in [0.4, 0.5) is 0 Å². The molecule has 2 aromatic rings. The first-order valence-corrected chi connectivity index (χ1v) is 12.3. The summed E-state index contributed by atoms with van der Waals surface area (Å²) in [6.45, 7) is 2.66. The van der Waals surface area contributed by atoms with Gasteiger partial charge in [-0.3, -0.25) is 4.79 Å². The molecule has 2 atom stereocenters. The van der Waals surface area contributed by atoms with E-state index in [4.69, 9.17) is 4.74 Å². The smallest absolute Gasteiger partial charge is 0.245 e. The number of benzene rings is 2. The van der Waals surface area contributed by atoms with Crippen LogP contribution in [0, 0.1) is 0 Å². The third-order valence-corrected chi connectivity index (χ3v) is 6.30. The number of ether oxygens (including phenoxy) is 1. The summed E-state index contributed by atoms with van der Waals surface area (Å²) >= 11 is 0. The summed E-state index contributed by atoms with van der Waals surface area (Å²) in [5.74, 6) is 0.419. The van der Waals surface area contributed by atoms with E-state index < -0.39 is 16.1 Å². The van der Waals surface area contributed by atoms with Crippen LogP contribution in [0.1, 0.15) is 36.1 Å². The van der Waals surface area contributed by atoms with Crippen molar-refractivity contribution in [1.29, 1.82) is 0 Å². The van der Waals surface area contributed by atoms with E-state index in [-0.39, 0.29) is 11.9 Å². The van der Waals surface area contributed by atoms with Crippen LogP contribution >= 0.6 is 0 Å². The van der Waals surface area contributed by atoms with Crippen LogP contribution in [-0.2, 0) is 14.8 Å². The van der Waals surface area contributed by atoms with Crippen molar-refractivity contribution < 1.29 is 17.9 Å². The zero-order chi connectivity index (χ0) is 22.4. The van der Waals surface area contributed by atoms with Crippen molar-refractivity contribution in [3.05, 3.63) is 65.7 Å². The monoisotopic (exact) mass is 445 g/mol. The molecular formula is C23H31N3O4S. The van der Waals surface area contributed by atoms with Crippen molar-refractivity contribution in [2.45, 2.75) is 24.9 Å². The fourth-order valence-electron chi connectivity index (χ4n) is 3.99. The molecular weight excluding hydrogens is 414 g/mol. The van der Waals surface area contributed by atoms with E-state index in [9.17, 15) is 13.2 Å². The van der Waals surface area contributed by atoms with Gasteiger partial charge in [0.05, 0.1) is 19.4 Å². The molecule has 31 heavy (non-hydrogen) atoms. The highest BCUT2D eigenvalue weighted by Crippen LogP contribution is 2.28. The number of nitrogens with zero attached hydrogens (tertiary/aromatic N) is 2. The average molecular weight is 446 g/mol. The number of amides is 1. The predicted octanol–water partition coefficient (Wildman–Crippen LogP) is 2.58. The molecule has 7 nitrogen and oxygen atoms in total. The Kier molecular flexibility index (Phi) is 7.69. The first-order chi connectivity index (χ1) is 14.8. The average Bonchev–Trinajstić information content (AvgIpc) is 3.28. The summed E-state index contributed by atoms with van der Waals surface area (Å²) in [6, 6.07) is 15.4. The lowest BCUT2D eigenvalue weighted by Gasteiger charge is -2.34. The minimum Gasteiger partial charge on any atom is -0.497 e. The molecule has 1 aliphatic heterocycles. The van der Waals surface area contributed by atoms with Gasteiger partial charge in [-0.05, 0) is 49.2 Å². The zero-order valence-electron chi connectivity index (χ0n) is 18.3.